The van der Waals surface area contributed by atoms with Crippen LogP contribution in [0.1, 0.15) is 85.9 Å². The first-order valence-electron chi connectivity index (χ1n) is 14.0. The second-order valence-corrected chi connectivity index (χ2v) is 9.71. The number of hydrogen-bond donors (Lipinski definition) is 0. The third kappa shape index (κ3) is 10.1. The molecule has 5 nitrogen and oxygen atoms in total. The van der Waals surface area contributed by atoms with E-state index in [0.717, 1.165) is 55.4 Å². The fourth-order valence-corrected chi connectivity index (χ4v) is 4.12. The van der Waals surface area contributed by atoms with Crippen LogP contribution >= 0.6 is 0 Å². The highest BCUT2D eigenvalue weighted by atomic mass is 16.5. The number of hydrogen-bond acceptors (Lipinski definition) is 5. The van der Waals surface area contributed by atoms with Crippen LogP contribution in [0.4, 0.5) is 0 Å². The first-order valence-corrected chi connectivity index (χ1v) is 14.0. The van der Waals surface area contributed by atoms with Crippen molar-refractivity contribution in [2.45, 2.75) is 71.3 Å². The van der Waals surface area contributed by atoms with Crippen molar-refractivity contribution >= 4 is 11.9 Å². The Morgan fingerprint density at radius 2 is 1.33 bits per heavy atom. The maximum atomic E-state index is 12.6. The fraction of sp³-hybridized carbons (Fsp3) is 0.353. The molecule has 3 rings (SSSR count). The lowest BCUT2D eigenvalue weighted by atomic mass is 10.0. The SMILES string of the molecule is C=CCCCCOc1ccc(-c2ccc(C(=O)Oc3ccc(C(=O)O[C@H](C)CCCCCC)cc3)cc2)cc1. The molecule has 0 aliphatic carbocycles. The lowest BCUT2D eigenvalue weighted by molar-refractivity contribution is 0.0319. The van der Waals surface area contributed by atoms with E-state index in [2.05, 4.69) is 13.5 Å². The lowest BCUT2D eigenvalue weighted by Crippen LogP contribution is -2.15. The van der Waals surface area contributed by atoms with E-state index in [-0.39, 0.29) is 12.1 Å². The highest BCUT2D eigenvalue weighted by Gasteiger charge is 2.14. The van der Waals surface area contributed by atoms with Crippen molar-refractivity contribution in [2.75, 3.05) is 6.61 Å². The van der Waals surface area contributed by atoms with Crippen LogP contribution in [0.3, 0.4) is 0 Å². The number of esters is 2. The van der Waals surface area contributed by atoms with E-state index >= 15 is 0 Å². The molecule has 0 saturated heterocycles. The summed E-state index contributed by atoms with van der Waals surface area (Å²) in [6, 6.07) is 21.7. The van der Waals surface area contributed by atoms with Crippen molar-refractivity contribution < 1.29 is 23.8 Å². The lowest BCUT2D eigenvalue weighted by Gasteiger charge is -2.13. The Balaban J connectivity index is 1.48. The van der Waals surface area contributed by atoms with Gasteiger partial charge in [0, 0.05) is 0 Å². The number of ether oxygens (including phenoxy) is 3. The minimum atomic E-state index is -0.460. The Bertz CT molecular complexity index is 1160. The van der Waals surface area contributed by atoms with Crippen molar-refractivity contribution in [2.24, 2.45) is 0 Å². The normalized spacial score (nSPS) is 11.4. The van der Waals surface area contributed by atoms with Crippen molar-refractivity contribution in [1.29, 1.82) is 0 Å². The summed E-state index contributed by atoms with van der Waals surface area (Å²) >= 11 is 0. The van der Waals surface area contributed by atoms with E-state index in [1.165, 1.54) is 12.8 Å². The van der Waals surface area contributed by atoms with Crippen LogP contribution in [-0.4, -0.2) is 24.6 Å². The summed E-state index contributed by atoms with van der Waals surface area (Å²) in [6.45, 7) is 8.51. The Kier molecular flexibility index (Phi) is 12.3. The monoisotopic (exact) mass is 528 g/mol. The molecule has 1 atom stereocenters. The van der Waals surface area contributed by atoms with Gasteiger partial charge < -0.3 is 14.2 Å². The second kappa shape index (κ2) is 16.2. The third-order valence-corrected chi connectivity index (χ3v) is 6.45. The number of carbonyl (C=O) groups excluding carboxylic acids is 2. The van der Waals surface area contributed by atoms with Crippen molar-refractivity contribution in [3.05, 3.63) is 96.6 Å². The molecule has 39 heavy (non-hydrogen) atoms. The largest absolute Gasteiger partial charge is 0.494 e. The number of unbranched alkanes of at least 4 members (excludes halogenated alkanes) is 5. The van der Waals surface area contributed by atoms with Gasteiger partial charge in [0.15, 0.2) is 0 Å². The van der Waals surface area contributed by atoms with Gasteiger partial charge >= 0.3 is 11.9 Å². The molecule has 0 unspecified atom stereocenters. The van der Waals surface area contributed by atoms with Crippen LogP contribution in [0, 0.1) is 0 Å². The van der Waals surface area contributed by atoms with Gasteiger partial charge in [-0.25, -0.2) is 9.59 Å². The summed E-state index contributed by atoms with van der Waals surface area (Å²) in [5.41, 5.74) is 2.90. The molecule has 0 spiro atoms. The zero-order valence-corrected chi connectivity index (χ0v) is 23.2. The van der Waals surface area contributed by atoms with E-state index in [0.29, 0.717) is 23.5 Å². The molecule has 0 saturated carbocycles. The van der Waals surface area contributed by atoms with E-state index in [1.54, 1.807) is 36.4 Å². The molecular weight excluding hydrogens is 488 g/mol. The number of benzene rings is 3. The molecule has 3 aromatic rings. The molecule has 0 aromatic heterocycles. The molecule has 0 aliphatic heterocycles. The zero-order chi connectivity index (χ0) is 27.9. The molecule has 0 fully saturated rings. The average molecular weight is 529 g/mol. The molecule has 206 valence electrons. The van der Waals surface area contributed by atoms with Gasteiger partial charge in [0.25, 0.3) is 0 Å². The third-order valence-electron chi connectivity index (χ3n) is 6.45. The summed E-state index contributed by atoms with van der Waals surface area (Å²) in [4.78, 5) is 25.1. The van der Waals surface area contributed by atoms with Gasteiger partial charge in [-0.3, -0.25) is 0 Å². The van der Waals surface area contributed by atoms with Crippen LogP contribution in [-0.2, 0) is 4.74 Å². The average Bonchev–Trinajstić information content (AvgIpc) is 2.96. The van der Waals surface area contributed by atoms with Crippen molar-refractivity contribution in [3.8, 4) is 22.6 Å². The van der Waals surface area contributed by atoms with Gasteiger partial charge in [0.05, 0.1) is 23.8 Å². The number of allylic oxidation sites excluding steroid dienone is 1. The Labute approximate surface area is 232 Å². The molecule has 0 heterocycles. The van der Waals surface area contributed by atoms with Crippen LogP contribution in [0.2, 0.25) is 0 Å². The van der Waals surface area contributed by atoms with Crippen LogP contribution in [0.25, 0.3) is 11.1 Å². The van der Waals surface area contributed by atoms with E-state index < -0.39 is 5.97 Å². The van der Waals surface area contributed by atoms with Gasteiger partial charge in [-0.2, -0.15) is 0 Å². The molecule has 5 heteroatoms. The van der Waals surface area contributed by atoms with Gasteiger partial charge in [0.1, 0.15) is 11.5 Å². The van der Waals surface area contributed by atoms with Crippen LogP contribution in [0.5, 0.6) is 11.5 Å². The predicted molar refractivity (Wildman–Crippen MR) is 156 cm³/mol. The second-order valence-electron chi connectivity index (χ2n) is 9.71. The van der Waals surface area contributed by atoms with Gasteiger partial charge in [-0.05, 0) is 98.7 Å². The maximum absolute atomic E-state index is 12.6. The molecule has 0 aliphatic rings. The Hall–Kier alpha value is -3.86. The maximum Gasteiger partial charge on any atom is 0.343 e. The van der Waals surface area contributed by atoms with Crippen molar-refractivity contribution in [1.82, 2.24) is 0 Å². The molecule has 0 bridgehead atoms. The van der Waals surface area contributed by atoms with Crippen molar-refractivity contribution in [3.63, 3.8) is 0 Å². The predicted octanol–water partition coefficient (Wildman–Crippen LogP) is 8.82. The summed E-state index contributed by atoms with van der Waals surface area (Å²) in [5.74, 6) is 0.384. The van der Waals surface area contributed by atoms with E-state index in [1.807, 2.05) is 49.4 Å². The summed E-state index contributed by atoms with van der Waals surface area (Å²) in [6.07, 6.45) is 10.3. The van der Waals surface area contributed by atoms with Gasteiger partial charge in [-0.15, -0.1) is 6.58 Å². The van der Waals surface area contributed by atoms with Gasteiger partial charge in [-0.1, -0.05) is 56.5 Å². The molecule has 0 amide bonds. The zero-order valence-electron chi connectivity index (χ0n) is 23.2. The van der Waals surface area contributed by atoms with E-state index in [9.17, 15) is 9.59 Å². The van der Waals surface area contributed by atoms with E-state index in [4.69, 9.17) is 14.2 Å². The smallest absolute Gasteiger partial charge is 0.343 e. The molecule has 0 N–H and O–H groups in total. The minimum absolute atomic E-state index is 0.126. The molecule has 3 aromatic carbocycles. The molecular formula is C34H40O5. The summed E-state index contributed by atoms with van der Waals surface area (Å²) < 4.78 is 16.8. The number of carbonyl (C=O) groups is 2. The standard InChI is InChI=1S/C34H40O5/c1-4-6-8-10-12-26(3)38-33(35)30-19-23-32(24-20-30)39-34(36)29-15-13-27(14-16-29)28-17-21-31(22-18-28)37-25-11-9-7-5-2/h5,13-24,26H,2,4,6-12,25H2,1,3H3/t26-/m1/s1. The Morgan fingerprint density at radius 1 is 0.744 bits per heavy atom. The topological polar surface area (TPSA) is 61.8 Å². The first kappa shape index (κ1) is 29.7. The van der Waals surface area contributed by atoms with Gasteiger partial charge in [0.2, 0.25) is 0 Å². The summed E-state index contributed by atoms with van der Waals surface area (Å²) in [7, 11) is 0. The Morgan fingerprint density at radius 3 is 1.97 bits per heavy atom. The highest BCUT2D eigenvalue weighted by molar-refractivity contribution is 5.92. The van der Waals surface area contributed by atoms with Crippen LogP contribution in [0.15, 0.2) is 85.5 Å². The fourth-order valence-electron chi connectivity index (χ4n) is 4.12. The first-order chi connectivity index (χ1) is 19.0. The highest BCUT2D eigenvalue weighted by Crippen LogP contribution is 2.24. The minimum Gasteiger partial charge on any atom is -0.494 e. The summed E-state index contributed by atoms with van der Waals surface area (Å²) in [5, 5.41) is 0. The molecule has 0 radical (unpaired) electrons. The number of rotatable bonds is 16. The van der Waals surface area contributed by atoms with Crippen LogP contribution < -0.4 is 9.47 Å². The quantitative estimate of drug-likeness (QED) is 0.0804.